The molecule has 6 heteroatoms. The molecule has 18 heavy (non-hydrogen) atoms. The molecule has 0 radical (unpaired) electrons. The van der Waals surface area contributed by atoms with Gasteiger partial charge in [-0.25, -0.2) is 13.8 Å². The number of thiazole rings is 1. The summed E-state index contributed by atoms with van der Waals surface area (Å²) in [4.78, 5) is 5.45. The van der Waals surface area contributed by atoms with Crippen LogP contribution < -0.4 is 5.73 Å². The second-order valence-corrected chi connectivity index (χ2v) is 5.67. The molecular weight excluding hydrogens is 322 g/mol. The van der Waals surface area contributed by atoms with Crippen molar-refractivity contribution in [2.24, 2.45) is 5.73 Å². The predicted molar refractivity (Wildman–Crippen MR) is 72.7 cm³/mol. The van der Waals surface area contributed by atoms with Crippen molar-refractivity contribution < 1.29 is 8.78 Å². The third kappa shape index (κ3) is 2.46. The Hall–Kier alpha value is -0.850. The topological polar surface area (TPSA) is 38.9 Å². The summed E-state index contributed by atoms with van der Waals surface area (Å²) in [5, 5.41) is 0.668. The summed E-state index contributed by atoms with van der Waals surface area (Å²) in [5.41, 5.74) is 6.96. The molecule has 1 heterocycles. The molecule has 2 rings (SSSR count). The molecule has 2 aromatic rings. The first kappa shape index (κ1) is 13.6. The van der Waals surface area contributed by atoms with E-state index in [9.17, 15) is 8.78 Å². The SMILES string of the molecule is Cc1nc(-c2ccc(F)c(F)c2Br)sc1CCN. The van der Waals surface area contributed by atoms with Crippen LogP contribution in [0.4, 0.5) is 8.78 Å². The second-order valence-electron chi connectivity index (χ2n) is 3.79. The number of halogens is 3. The lowest BCUT2D eigenvalue weighted by atomic mass is 10.2. The number of rotatable bonds is 3. The van der Waals surface area contributed by atoms with Crippen LogP contribution in [-0.4, -0.2) is 11.5 Å². The Balaban J connectivity index is 2.49. The fourth-order valence-electron chi connectivity index (χ4n) is 1.60. The molecule has 0 aliphatic carbocycles. The molecule has 0 saturated heterocycles. The van der Waals surface area contributed by atoms with E-state index in [2.05, 4.69) is 20.9 Å². The third-order valence-corrected chi connectivity index (χ3v) is 4.56. The fraction of sp³-hybridized carbons (Fsp3) is 0.250. The van der Waals surface area contributed by atoms with E-state index in [1.807, 2.05) is 6.92 Å². The lowest BCUT2D eigenvalue weighted by Crippen LogP contribution is -2.01. The quantitative estimate of drug-likeness (QED) is 0.871. The number of hydrogen-bond donors (Lipinski definition) is 1. The Kier molecular flexibility index (Phi) is 4.09. The van der Waals surface area contributed by atoms with E-state index in [0.717, 1.165) is 23.1 Å². The number of nitrogens with zero attached hydrogens (tertiary/aromatic N) is 1. The number of aromatic nitrogens is 1. The van der Waals surface area contributed by atoms with Crippen LogP contribution in [-0.2, 0) is 6.42 Å². The molecule has 0 bridgehead atoms. The standard InChI is InChI=1S/C12H11BrF2N2S/c1-6-9(4-5-16)18-12(17-6)7-2-3-8(14)11(15)10(7)13/h2-3H,4-5,16H2,1H3. The monoisotopic (exact) mass is 332 g/mol. The number of benzene rings is 1. The van der Waals surface area contributed by atoms with E-state index in [1.54, 1.807) is 0 Å². The third-order valence-electron chi connectivity index (χ3n) is 2.53. The van der Waals surface area contributed by atoms with Gasteiger partial charge in [0.1, 0.15) is 5.01 Å². The van der Waals surface area contributed by atoms with E-state index >= 15 is 0 Å². The first-order chi connectivity index (χ1) is 8.54. The minimum atomic E-state index is -0.888. The van der Waals surface area contributed by atoms with Crippen molar-refractivity contribution in [2.75, 3.05) is 6.54 Å². The fourth-order valence-corrected chi connectivity index (χ4v) is 3.35. The molecule has 2 nitrogen and oxygen atoms in total. The zero-order valence-corrected chi connectivity index (χ0v) is 12.0. The highest BCUT2D eigenvalue weighted by Gasteiger charge is 2.16. The average Bonchev–Trinajstić information content (AvgIpc) is 2.68. The maximum atomic E-state index is 13.5. The van der Waals surface area contributed by atoms with Gasteiger partial charge in [-0.1, -0.05) is 0 Å². The molecule has 0 spiro atoms. The van der Waals surface area contributed by atoms with E-state index in [1.165, 1.54) is 17.4 Å². The molecule has 1 aromatic carbocycles. The summed E-state index contributed by atoms with van der Waals surface area (Å²) >= 11 is 4.52. The van der Waals surface area contributed by atoms with E-state index in [-0.39, 0.29) is 4.47 Å². The van der Waals surface area contributed by atoms with Crippen molar-refractivity contribution in [3.8, 4) is 10.6 Å². The van der Waals surface area contributed by atoms with Gasteiger partial charge in [0.2, 0.25) is 0 Å². The maximum Gasteiger partial charge on any atom is 0.173 e. The number of nitrogens with two attached hydrogens (primary N) is 1. The summed E-state index contributed by atoms with van der Waals surface area (Å²) < 4.78 is 26.6. The smallest absolute Gasteiger partial charge is 0.173 e. The molecule has 96 valence electrons. The zero-order chi connectivity index (χ0) is 13.3. The Morgan fingerprint density at radius 3 is 2.78 bits per heavy atom. The Morgan fingerprint density at radius 1 is 1.39 bits per heavy atom. The first-order valence-electron chi connectivity index (χ1n) is 5.34. The van der Waals surface area contributed by atoms with Crippen molar-refractivity contribution in [1.29, 1.82) is 0 Å². The first-order valence-corrected chi connectivity index (χ1v) is 6.95. The summed E-state index contributed by atoms with van der Waals surface area (Å²) in [5.74, 6) is -1.76. The summed E-state index contributed by atoms with van der Waals surface area (Å²) in [7, 11) is 0. The van der Waals surface area contributed by atoms with Gasteiger partial charge in [-0.05, 0) is 48.0 Å². The molecule has 0 unspecified atom stereocenters. The minimum Gasteiger partial charge on any atom is -0.330 e. The maximum absolute atomic E-state index is 13.5. The van der Waals surface area contributed by atoms with Gasteiger partial charge in [-0.15, -0.1) is 11.3 Å². The second kappa shape index (κ2) is 5.42. The molecular formula is C12H11BrF2N2S. The highest BCUT2D eigenvalue weighted by Crippen LogP contribution is 2.35. The highest BCUT2D eigenvalue weighted by molar-refractivity contribution is 9.10. The van der Waals surface area contributed by atoms with Crippen LogP contribution in [0.25, 0.3) is 10.6 Å². The van der Waals surface area contributed by atoms with Crippen molar-refractivity contribution in [2.45, 2.75) is 13.3 Å². The van der Waals surface area contributed by atoms with E-state index < -0.39 is 11.6 Å². The molecule has 2 N–H and O–H groups in total. The minimum absolute atomic E-state index is 0.107. The highest BCUT2D eigenvalue weighted by atomic mass is 79.9. The van der Waals surface area contributed by atoms with Gasteiger partial charge in [0, 0.05) is 10.4 Å². The van der Waals surface area contributed by atoms with Gasteiger partial charge < -0.3 is 5.73 Å². The lowest BCUT2D eigenvalue weighted by Gasteiger charge is -2.02. The van der Waals surface area contributed by atoms with Gasteiger partial charge in [0.05, 0.1) is 10.2 Å². The summed E-state index contributed by atoms with van der Waals surface area (Å²) in [6, 6.07) is 2.63. The zero-order valence-electron chi connectivity index (χ0n) is 9.64. The van der Waals surface area contributed by atoms with E-state index in [0.29, 0.717) is 17.1 Å². The van der Waals surface area contributed by atoms with Crippen LogP contribution in [0.1, 0.15) is 10.6 Å². The van der Waals surface area contributed by atoms with Crippen molar-refractivity contribution in [3.05, 3.63) is 38.8 Å². The molecule has 0 fully saturated rings. The van der Waals surface area contributed by atoms with Gasteiger partial charge in [-0.2, -0.15) is 0 Å². The molecule has 0 amide bonds. The largest absolute Gasteiger partial charge is 0.330 e. The number of hydrogen-bond acceptors (Lipinski definition) is 3. The van der Waals surface area contributed by atoms with Gasteiger partial charge >= 0.3 is 0 Å². The lowest BCUT2D eigenvalue weighted by molar-refractivity contribution is 0.505. The molecule has 0 aliphatic heterocycles. The molecule has 0 atom stereocenters. The molecule has 0 aliphatic rings. The average molecular weight is 333 g/mol. The van der Waals surface area contributed by atoms with E-state index in [4.69, 9.17) is 5.73 Å². The van der Waals surface area contributed by atoms with Crippen molar-refractivity contribution >= 4 is 27.3 Å². The summed E-state index contributed by atoms with van der Waals surface area (Å²) in [6.45, 7) is 2.43. The summed E-state index contributed by atoms with van der Waals surface area (Å²) in [6.07, 6.45) is 0.741. The van der Waals surface area contributed by atoms with Crippen LogP contribution in [0.2, 0.25) is 0 Å². The van der Waals surface area contributed by atoms with Gasteiger partial charge in [-0.3, -0.25) is 0 Å². The van der Waals surface area contributed by atoms with Crippen LogP contribution in [0.3, 0.4) is 0 Å². The Labute approximate surface area is 116 Å². The van der Waals surface area contributed by atoms with Crippen molar-refractivity contribution in [3.63, 3.8) is 0 Å². The Morgan fingerprint density at radius 2 is 2.11 bits per heavy atom. The van der Waals surface area contributed by atoms with Crippen LogP contribution in [0, 0.1) is 18.6 Å². The van der Waals surface area contributed by atoms with Gasteiger partial charge in [0.15, 0.2) is 11.6 Å². The Bertz CT molecular complexity index is 584. The number of aryl methyl sites for hydroxylation is 1. The van der Waals surface area contributed by atoms with Crippen molar-refractivity contribution in [1.82, 2.24) is 4.98 Å². The van der Waals surface area contributed by atoms with Crippen LogP contribution in [0.15, 0.2) is 16.6 Å². The molecule has 0 saturated carbocycles. The normalized spacial score (nSPS) is 10.9. The van der Waals surface area contributed by atoms with Gasteiger partial charge in [0.25, 0.3) is 0 Å². The predicted octanol–water partition coefficient (Wildman–Crippen LogP) is 3.66. The van der Waals surface area contributed by atoms with Crippen LogP contribution in [0.5, 0.6) is 0 Å². The molecule has 1 aromatic heterocycles. The van der Waals surface area contributed by atoms with Crippen LogP contribution >= 0.6 is 27.3 Å².